The van der Waals surface area contributed by atoms with Crippen molar-refractivity contribution >= 4 is 0 Å². The topological polar surface area (TPSA) is 29.3 Å². The van der Waals surface area contributed by atoms with Gasteiger partial charge in [-0.15, -0.1) is 0 Å². The summed E-state index contributed by atoms with van der Waals surface area (Å²) in [6, 6.07) is 6.75. The van der Waals surface area contributed by atoms with Crippen LogP contribution < -0.4 is 5.73 Å². The van der Waals surface area contributed by atoms with Gasteiger partial charge in [-0.1, -0.05) is 39.3 Å². The fourth-order valence-electron chi connectivity index (χ4n) is 2.78. The molecule has 2 unspecified atom stereocenters. The Bertz CT molecular complexity index is 384. The number of hydrogen-bond acceptors (Lipinski definition) is 2. The number of benzene rings is 1. The van der Waals surface area contributed by atoms with Gasteiger partial charge in [0.25, 0.3) is 0 Å². The quantitative estimate of drug-likeness (QED) is 0.785. The highest BCUT2D eigenvalue weighted by molar-refractivity contribution is 5.16. The maximum Gasteiger partial charge on any atom is 0.123 e. The number of nitrogens with zero attached hydrogens (tertiary/aromatic N) is 1. The van der Waals surface area contributed by atoms with Crippen molar-refractivity contribution in [3.05, 3.63) is 35.6 Å². The van der Waals surface area contributed by atoms with Crippen LogP contribution >= 0.6 is 0 Å². The van der Waals surface area contributed by atoms with E-state index in [0.717, 1.165) is 24.9 Å². The van der Waals surface area contributed by atoms with Crippen molar-refractivity contribution < 1.29 is 4.39 Å². The molecule has 0 amide bonds. The standard InChI is InChI=1S/C17H29FN2/c1-5-14(3)11-17(6-2,13-19)20(4)12-15-7-9-16(18)10-8-15/h7-10,14H,5-6,11-13,19H2,1-4H3. The summed E-state index contributed by atoms with van der Waals surface area (Å²) >= 11 is 0. The van der Waals surface area contributed by atoms with Crippen LogP contribution in [0.15, 0.2) is 24.3 Å². The van der Waals surface area contributed by atoms with E-state index in [2.05, 4.69) is 32.7 Å². The zero-order chi connectivity index (χ0) is 15.2. The normalized spacial score (nSPS) is 16.1. The van der Waals surface area contributed by atoms with Crippen molar-refractivity contribution in [3.63, 3.8) is 0 Å². The zero-order valence-corrected chi connectivity index (χ0v) is 13.3. The Morgan fingerprint density at radius 1 is 1.25 bits per heavy atom. The van der Waals surface area contributed by atoms with Crippen molar-refractivity contribution in [2.24, 2.45) is 11.7 Å². The van der Waals surface area contributed by atoms with Crippen molar-refractivity contribution in [3.8, 4) is 0 Å². The van der Waals surface area contributed by atoms with Crippen molar-refractivity contribution in [1.29, 1.82) is 0 Å². The molecule has 0 saturated heterocycles. The minimum Gasteiger partial charge on any atom is -0.329 e. The smallest absolute Gasteiger partial charge is 0.123 e. The molecule has 0 radical (unpaired) electrons. The van der Waals surface area contributed by atoms with Crippen LogP contribution in [0.5, 0.6) is 0 Å². The third-order valence-corrected chi connectivity index (χ3v) is 4.61. The van der Waals surface area contributed by atoms with Crippen LogP contribution in [-0.2, 0) is 6.54 Å². The summed E-state index contributed by atoms with van der Waals surface area (Å²) in [4.78, 5) is 2.34. The van der Waals surface area contributed by atoms with Gasteiger partial charge >= 0.3 is 0 Å². The van der Waals surface area contributed by atoms with E-state index in [1.54, 1.807) is 0 Å². The summed E-state index contributed by atoms with van der Waals surface area (Å²) in [5.74, 6) is 0.478. The highest BCUT2D eigenvalue weighted by atomic mass is 19.1. The average Bonchev–Trinajstić information content (AvgIpc) is 2.46. The summed E-state index contributed by atoms with van der Waals surface area (Å²) in [7, 11) is 2.13. The van der Waals surface area contributed by atoms with E-state index in [0.29, 0.717) is 12.5 Å². The van der Waals surface area contributed by atoms with Gasteiger partial charge in [-0.05, 0) is 43.5 Å². The van der Waals surface area contributed by atoms with Gasteiger partial charge < -0.3 is 5.73 Å². The monoisotopic (exact) mass is 280 g/mol. The maximum atomic E-state index is 13.0. The lowest BCUT2D eigenvalue weighted by atomic mass is 9.83. The molecule has 0 aromatic heterocycles. The lowest BCUT2D eigenvalue weighted by molar-refractivity contribution is 0.0855. The molecule has 2 nitrogen and oxygen atoms in total. The van der Waals surface area contributed by atoms with Gasteiger partial charge in [0.15, 0.2) is 0 Å². The van der Waals surface area contributed by atoms with Crippen LogP contribution in [0, 0.1) is 11.7 Å². The third kappa shape index (κ3) is 4.29. The first kappa shape index (κ1) is 17.1. The second-order valence-electron chi connectivity index (χ2n) is 5.98. The highest BCUT2D eigenvalue weighted by Gasteiger charge is 2.32. The number of halogens is 1. The van der Waals surface area contributed by atoms with Crippen LogP contribution in [0.25, 0.3) is 0 Å². The maximum absolute atomic E-state index is 13.0. The lowest BCUT2D eigenvalue weighted by Crippen LogP contribution is -2.52. The van der Waals surface area contributed by atoms with E-state index >= 15 is 0 Å². The van der Waals surface area contributed by atoms with Crippen molar-refractivity contribution in [1.82, 2.24) is 4.90 Å². The lowest BCUT2D eigenvalue weighted by Gasteiger charge is -2.42. The molecule has 1 aromatic rings. The van der Waals surface area contributed by atoms with Crippen LogP contribution in [-0.4, -0.2) is 24.0 Å². The molecule has 1 aromatic carbocycles. The van der Waals surface area contributed by atoms with Crippen LogP contribution in [0.2, 0.25) is 0 Å². The minimum absolute atomic E-state index is 0.0316. The van der Waals surface area contributed by atoms with E-state index < -0.39 is 0 Å². The summed E-state index contributed by atoms with van der Waals surface area (Å²) in [5, 5.41) is 0. The first-order valence-electron chi connectivity index (χ1n) is 7.63. The molecule has 0 aliphatic heterocycles. The predicted octanol–water partition coefficient (Wildman–Crippen LogP) is 3.80. The second kappa shape index (κ2) is 7.75. The summed E-state index contributed by atoms with van der Waals surface area (Å²) in [5.41, 5.74) is 7.26. The fraction of sp³-hybridized carbons (Fsp3) is 0.647. The Balaban J connectivity index is 2.82. The van der Waals surface area contributed by atoms with E-state index in [1.807, 2.05) is 12.1 Å². The first-order valence-corrected chi connectivity index (χ1v) is 7.63. The Morgan fingerprint density at radius 3 is 2.30 bits per heavy atom. The van der Waals surface area contributed by atoms with Gasteiger partial charge in [0.2, 0.25) is 0 Å². The van der Waals surface area contributed by atoms with Gasteiger partial charge in [0, 0.05) is 18.6 Å². The SMILES string of the molecule is CCC(C)CC(CC)(CN)N(C)Cc1ccc(F)cc1. The van der Waals surface area contributed by atoms with Gasteiger partial charge in [0.05, 0.1) is 0 Å². The number of nitrogens with two attached hydrogens (primary N) is 1. The largest absolute Gasteiger partial charge is 0.329 e. The summed E-state index contributed by atoms with van der Waals surface area (Å²) in [6.45, 7) is 8.18. The third-order valence-electron chi connectivity index (χ3n) is 4.61. The number of likely N-dealkylation sites (N-methyl/N-ethyl adjacent to an activating group) is 1. The molecule has 20 heavy (non-hydrogen) atoms. The van der Waals surface area contributed by atoms with Crippen molar-refractivity contribution in [2.45, 2.75) is 52.1 Å². The van der Waals surface area contributed by atoms with Gasteiger partial charge in [-0.3, -0.25) is 4.90 Å². The first-order chi connectivity index (χ1) is 9.47. The minimum atomic E-state index is -0.184. The molecule has 0 heterocycles. The van der Waals surface area contributed by atoms with E-state index in [9.17, 15) is 4.39 Å². The van der Waals surface area contributed by atoms with Crippen LogP contribution in [0.3, 0.4) is 0 Å². The van der Waals surface area contributed by atoms with E-state index in [1.165, 1.54) is 18.6 Å². The molecule has 114 valence electrons. The van der Waals surface area contributed by atoms with E-state index in [-0.39, 0.29) is 11.4 Å². The van der Waals surface area contributed by atoms with Crippen LogP contribution in [0.4, 0.5) is 4.39 Å². The molecule has 0 spiro atoms. The molecule has 2 N–H and O–H groups in total. The summed E-state index contributed by atoms with van der Waals surface area (Å²) in [6.07, 6.45) is 3.31. The average molecular weight is 280 g/mol. The molecular weight excluding hydrogens is 251 g/mol. The Hall–Kier alpha value is -0.930. The molecular formula is C17H29FN2. The van der Waals surface area contributed by atoms with E-state index in [4.69, 9.17) is 5.73 Å². The molecule has 3 heteroatoms. The molecule has 0 bridgehead atoms. The van der Waals surface area contributed by atoms with Crippen LogP contribution in [0.1, 0.15) is 45.6 Å². The van der Waals surface area contributed by atoms with Gasteiger partial charge in [-0.2, -0.15) is 0 Å². The molecule has 2 atom stereocenters. The molecule has 0 aliphatic rings. The van der Waals surface area contributed by atoms with Crippen molar-refractivity contribution in [2.75, 3.05) is 13.6 Å². The van der Waals surface area contributed by atoms with Gasteiger partial charge in [-0.25, -0.2) is 4.39 Å². The molecule has 0 fully saturated rings. The number of rotatable bonds is 8. The molecule has 0 aliphatic carbocycles. The Morgan fingerprint density at radius 2 is 1.85 bits per heavy atom. The Labute approximate surface area is 123 Å². The summed E-state index contributed by atoms with van der Waals surface area (Å²) < 4.78 is 13.0. The Kier molecular flexibility index (Phi) is 6.63. The zero-order valence-electron chi connectivity index (χ0n) is 13.3. The molecule has 1 rings (SSSR count). The fourth-order valence-corrected chi connectivity index (χ4v) is 2.78. The predicted molar refractivity (Wildman–Crippen MR) is 84.0 cm³/mol. The highest BCUT2D eigenvalue weighted by Crippen LogP contribution is 2.28. The molecule has 0 saturated carbocycles. The van der Waals surface area contributed by atoms with Gasteiger partial charge in [0.1, 0.15) is 5.82 Å². The second-order valence-corrected chi connectivity index (χ2v) is 5.98. The number of hydrogen-bond donors (Lipinski definition) is 1.